The van der Waals surface area contributed by atoms with Crippen molar-refractivity contribution in [2.24, 2.45) is 5.92 Å². The van der Waals surface area contributed by atoms with Crippen LogP contribution in [0, 0.1) is 16.0 Å². The van der Waals surface area contributed by atoms with E-state index in [9.17, 15) is 19.7 Å². The number of rotatable bonds is 3. The monoisotopic (exact) mass is 405 g/mol. The van der Waals surface area contributed by atoms with Crippen molar-refractivity contribution in [3.63, 3.8) is 0 Å². The number of fused-ring (bicyclic) bond motifs is 1. The second kappa shape index (κ2) is 8.30. The van der Waals surface area contributed by atoms with Crippen LogP contribution in [0.1, 0.15) is 44.9 Å². The third-order valence-corrected chi connectivity index (χ3v) is 7.07. The van der Waals surface area contributed by atoms with E-state index in [2.05, 4.69) is 5.32 Å². The van der Waals surface area contributed by atoms with Crippen molar-refractivity contribution in [3.05, 3.63) is 21.5 Å². The summed E-state index contributed by atoms with van der Waals surface area (Å²) in [7, 11) is 1.69. The smallest absolute Gasteiger partial charge is 0.352 e. The van der Waals surface area contributed by atoms with E-state index < -0.39 is 10.8 Å². The summed E-state index contributed by atoms with van der Waals surface area (Å²) in [5, 5.41) is 15.1. The van der Waals surface area contributed by atoms with Crippen LogP contribution in [0.2, 0.25) is 0 Å². The molecule has 3 heterocycles. The molecule has 0 radical (unpaired) electrons. The number of nitro groups is 1. The maximum Gasteiger partial charge on any atom is 0.352 e. The number of nitrogens with one attached hydrogen (secondary N) is 1. The fourth-order valence-electron chi connectivity index (χ4n) is 5.50. The Hall–Kier alpha value is -2.16. The Balaban J connectivity index is 1.52. The highest BCUT2D eigenvalue weighted by Crippen LogP contribution is 2.40. The average Bonchev–Trinajstić information content (AvgIpc) is 2.76. The minimum absolute atomic E-state index is 0.0223. The van der Waals surface area contributed by atoms with Gasteiger partial charge in [0.25, 0.3) is 0 Å². The molecule has 1 N–H and O–H groups in total. The lowest BCUT2D eigenvalue weighted by Crippen LogP contribution is -2.58. The van der Waals surface area contributed by atoms with Gasteiger partial charge in [0.15, 0.2) is 0 Å². The van der Waals surface area contributed by atoms with E-state index in [1.165, 1.54) is 0 Å². The van der Waals surface area contributed by atoms with E-state index >= 15 is 0 Å². The number of likely N-dealkylation sites (N-methyl/N-ethyl adjacent to an activating group) is 1. The number of carbonyl (C=O) groups is 2. The van der Waals surface area contributed by atoms with Gasteiger partial charge in [-0.2, -0.15) is 0 Å². The fourth-order valence-corrected chi connectivity index (χ4v) is 5.50. The third kappa shape index (κ3) is 3.72. The molecule has 3 unspecified atom stereocenters. The minimum Gasteiger partial charge on any atom is -0.365 e. The van der Waals surface area contributed by atoms with Gasteiger partial charge in [0.1, 0.15) is 5.70 Å². The van der Waals surface area contributed by atoms with Gasteiger partial charge in [0.05, 0.1) is 11.0 Å². The number of piperazine rings is 1. The molecule has 3 aliphatic heterocycles. The van der Waals surface area contributed by atoms with Crippen LogP contribution >= 0.6 is 0 Å². The van der Waals surface area contributed by atoms with E-state index in [4.69, 9.17) is 0 Å². The van der Waals surface area contributed by atoms with Gasteiger partial charge in [-0.1, -0.05) is 19.3 Å². The summed E-state index contributed by atoms with van der Waals surface area (Å²) in [4.78, 5) is 42.4. The molecule has 1 saturated carbocycles. The average molecular weight is 405 g/mol. The van der Waals surface area contributed by atoms with Gasteiger partial charge in [-0.15, -0.1) is 0 Å². The number of hydrogen-bond acceptors (Lipinski definition) is 6. The van der Waals surface area contributed by atoms with Crippen molar-refractivity contribution in [1.82, 2.24) is 20.0 Å². The summed E-state index contributed by atoms with van der Waals surface area (Å²) in [6.07, 6.45) is 6.91. The molecule has 0 aromatic heterocycles. The lowest BCUT2D eigenvalue weighted by Gasteiger charge is -2.47. The molecule has 2 amide bonds. The Kier molecular flexibility index (Phi) is 5.76. The van der Waals surface area contributed by atoms with Crippen molar-refractivity contribution < 1.29 is 14.5 Å². The van der Waals surface area contributed by atoms with Crippen LogP contribution in [-0.4, -0.2) is 83.3 Å². The molecule has 3 fully saturated rings. The van der Waals surface area contributed by atoms with Crippen molar-refractivity contribution in [2.75, 3.05) is 39.8 Å². The topological polar surface area (TPSA) is 99.0 Å². The maximum absolute atomic E-state index is 12.8. The Morgan fingerprint density at radius 1 is 1.07 bits per heavy atom. The Morgan fingerprint density at radius 2 is 1.76 bits per heavy atom. The molecule has 0 aromatic rings. The normalized spacial score (nSPS) is 31.0. The van der Waals surface area contributed by atoms with Crippen molar-refractivity contribution in [2.45, 2.75) is 57.0 Å². The molecule has 3 atom stereocenters. The summed E-state index contributed by atoms with van der Waals surface area (Å²) in [5.41, 5.74) is 0.357. The summed E-state index contributed by atoms with van der Waals surface area (Å²) < 4.78 is 0. The highest BCUT2D eigenvalue weighted by atomic mass is 16.6. The number of piperidine rings is 1. The molecular weight excluding hydrogens is 374 g/mol. The van der Waals surface area contributed by atoms with Crippen molar-refractivity contribution in [3.8, 4) is 0 Å². The Morgan fingerprint density at radius 3 is 2.41 bits per heavy atom. The van der Waals surface area contributed by atoms with Crippen molar-refractivity contribution in [1.29, 1.82) is 0 Å². The zero-order valence-corrected chi connectivity index (χ0v) is 17.1. The van der Waals surface area contributed by atoms with Gasteiger partial charge in [-0.05, 0) is 32.2 Å². The molecular formula is C20H31N5O4. The van der Waals surface area contributed by atoms with Gasteiger partial charge in [-0.25, -0.2) is 0 Å². The first-order chi connectivity index (χ1) is 14.0. The second-order valence-corrected chi connectivity index (χ2v) is 8.68. The molecule has 2 saturated heterocycles. The summed E-state index contributed by atoms with van der Waals surface area (Å²) >= 11 is 0. The van der Waals surface area contributed by atoms with Crippen LogP contribution in [0.25, 0.3) is 0 Å². The van der Waals surface area contributed by atoms with E-state index in [0.717, 1.165) is 51.5 Å². The number of hydrogen-bond donors (Lipinski definition) is 1. The highest BCUT2D eigenvalue weighted by Gasteiger charge is 2.48. The molecule has 9 heteroatoms. The molecule has 0 aromatic carbocycles. The third-order valence-electron chi connectivity index (χ3n) is 7.07. The first kappa shape index (κ1) is 20.1. The van der Waals surface area contributed by atoms with E-state index in [-0.39, 0.29) is 29.6 Å². The molecule has 29 heavy (non-hydrogen) atoms. The van der Waals surface area contributed by atoms with Gasteiger partial charge >= 0.3 is 11.6 Å². The Bertz CT molecular complexity index is 710. The number of carbonyl (C=O) groups excluding carboxylic acids is 2. The molecule has 4 aliphatic rings. The van der Waals surface area contributed by atoms with E-state index in [1.54, 1.807) is 11.9 Å². The zero-order valence-electron chi connectivity index (χ0n) is 17.1. The van der Waals surface area contributed by atoms with Gasteiger partial charge in [0.2, 0.25) is 5.91 Å². The molecule has 1 aliphatic carbocycles. The number of nitrogens with zero attached hydrogens (tertiary/aromatic N) is 4. The number of amides is 2. The van der Waals surface area contributed by atoms with Crippen LogP contribution in [0.4, 0.5) is 0 Å². The summed E-state index contributed by atoms with van der Waals surface area (Å²) in [5.74, 6) is -0.310. The van der Waals surface area contributed by atoms with Crippen LogP contribution in [0.5, 0.6) is 0 Å². The lowest BCUT2D eigenvalue weighted by molar-refractivity contribution is -0.424. The highest BCUT2D eigenvalue weighted by molar-refractivity contribution is 5.93. The fraction of sp³-hybridized carbons (Fsp3) is 0.800. The first-order valence-electron chi connectivity index (χ1n) is 10.9. The maximum atomic E-state index is 12.8. The largest absolute Gasteiger partial charge is 0.365 e. The quantitative estimate of drug-likeness (QED) is 0.551. The predicted molar refractivity (Wildman–Crippen MR) is 106 cm³/mol. The summed E-state index contributed by atoms with van der Waals surface area (Å²) in [6, 6.07) is -0.0578. The molecule has 9 nitrogen and oxygen atoms in total. The first-order valence-corrected chi connectivity index (χ1v) is 10.9. The minimum atomic E-state index is -0.498. The molecule has 0 bridgehead atoms. The lowest BCUT2D eigenvalue weighted by atomic mass is 9.78. The molecule has 0 spiro atoms. The van der Waals surface area contributed by atoms with Crippen LogP contribution in [-0.2, 0) is 9.59 Å². The van der Waals surface area contributed by atoms with E-state index in [1.807, 2.05) is 9.80 Å². The molecule has 4 rings (SSSR count). The Labute approximate surface area is 171 Å². The van der Waals surface area contributed by atoms with Crippen LogP contribution < -0.4 is 5.32 Å². The standard InChI is InChI=1S/C20H31N5O4/c1-22-16-8-3-2-6-14(16)17(18(20(22)27)25(28)29)23-10-12-24(13-11-23)19(26)15-7-4-5-9-21-15/h14-16,21H,2-13H2,1H3. The SMILES string of the molecule is CN1C(=O)C([N+](=O)[O-])=C(N2CCN(C(=O)C3CCCCN3)CC2)C2CCCCC21. The van der Waals surface area contributed by atoms with Crippen LogP contribution in [0.15, 0.2) is 11.4 Å². The van der Waals surface area contributed by atoms with Gasteiger partial charge in [0, 0.05) is 45.2 Å². The summed E-state index contributed by atoms with van der Waals surface area (Å²) in [6.45, 7) is 3.07. The van der Waals surface area contributed by atoms with Crippen molar-refractivity contribution >= 4 is 11.8 Å². The van der Waals surface area contributed by atoms with Crippen LogP contribution in [0.3, 0.4) is 0 Å². The van der Waals surface area contributed by atoms with Gasteiger partial charge < -0.3 is 20.0 Å². The zero-order chi connectivity index (χ0) is 20.5. The van der Waals surface area contributed by atoms with E-state index in [0.29, 0.717) is 31.9 Å². The van der Waals surface area contributed by atoms with Gasteiger partial charge in [-0.3, -0.25) is 19.7 Å². The molecule has 160 valence electrons. The predicted octanol–water partition coefficient (Wildman–Crippen LogP) is 0.792. The second-order valence-electron chi connectivity index (χ2n) is 8.68.